The Morgan fingerprint density at radius 2 is 1.61 bits per heavy atom. The van der Waals surface area contributed by atoms with E-state index in [0.717, 1.165) is 9.87 Å². The summed E-state index contributed by atoms with van der Waals surface area (Å²) in [6.07, 6.45) is 0. The highest BCUT2D eigenvalue weighted by Gasteiger charge is 2.29. The maximum Gasteiger partial charge on any atom is 0.243 e. The minimum atomic E-state index is -4.04. The lowest BCUT2D eigenvalue weighted by molar-refractivity contribution is -0.118. The Hall–Kier alpha value is -3.07. The van der Waals surface area contributed by atoms with Crippen LogP contribution in [0, 0.1) is 0 Å². The van der Waals surface area contributed by atoms with Gasteiger partial charge in [-0.2, -0.15) is 4.31 Å². The molecular weight excluding hydrogens is 464 g/mol. The Morgan fingerprint density at radius 1 is 0.939 bits per heavy atom. The van der Waals surface area contributed by atoms with Crippen LogP contribution in [0.25, 0.3) is 0 Å². The Morgan fingerprint density at radius 3 is 2.18 bits per heavy atom. The topological polar surface area (TPSA) is 76.2 Å². The average molecular weight is 489 g/mol. The number of nitrogens with zero attached hydrogens (tertiary/aromatic N) is 2. The van der Waals surface area contributed by atoms with Crippen molar-refractivity contribution in [3.63, 3.8) is 0 Å². The van der Waals surface area contributed by atoms with Crippen LogP contribution in [0.2, 0.25) is 5.02 Å². The molecule has 0 aliphatic heterocycles. The van der Waals surface area contributed by atoms with Crippen molar-refractivity contribution in [2.24, 2.45) is 0 Å². The lowest BCUT2D eigenvalue weighted by Gasteiger charge is -2.25. The molecule has 33 heavy (non-hydrogen) atoms. The van der Waals surface area contributed by atoms with E-state index in [1.807, 2.05) is 18.2 Å². The number of ether oxygens (including phenoxy) is 2. The van der Waals surface area contributed by atoms with Crippen LogP contribution in [-0.4, -0.2) is 46.4 Å². The first-order valence-corrected chi connectivity index (χ1v) is 11.9. The summed E-state index contributed by atoms with van der Waals surface area (Å²) in [4.78, 5) is 14.5. The van der Waals surface area contributed by atoms with E-state index in [1.165, 1.54) is 30.2 Å². The number of carbonyl (C=O) groups excluding carboxylic acids is 1. The number of rotatable bonds is 9. The van der Waals surface area contributed by atoms with Crippen molar-refractivity contribution in [2.75, 3.05) is 32.7 Å². The van der Waals surface area contributed by atoms with Gasteiger partial charge in [-0.3, -0.25) is 4.79 Å². The zero-order valence-electron chi connectivity index (χ0n) is 18.6. The standard InChI is InChI=1S/C24H25ClN2O5S/c1-26(19-9-11-20(31-2)12-10-19)24(28)17-27(16-18-7-5-4-6-8-18)33(29,30)21-13-14-23(32-3)22(25)15-21/h4-15H,16-17H2,1-3H3. The van der Waals surface area contributed by atoms with Gasteiger partial charge in [-0.25, -0.2) is 8.42 Å². The molecular formula is C24H25ClN2O5S. The maximum absolute atomic E-state index is 13.5. The summed E-state index contributed by atoms with van der Waals surface area (Å²) in [5.41, 5.74) is 1.37. The number of likely N-dealkylation sites (N-methyl/N-ethyl adjacent to an activating group) is 1. The first-order chi connectivity index (χ1) is 15.8. The molecule has 9 heteroatoms. The van der Waals surface area contributed by atoms with Crippen molar-refractivity contribution >= 4 is 33.2 Å². The Balaban J connectivity index is 1.91. The van der Waals surface area contributed by atoms with Gasteiger partial charge >= 0.3 is 0 Å². The molecule has 0 radical (unpaired) electrons. The highest BCUT2D eigenvalue weighted by molar-refractivity contribution is 7.89. The molecule has 0 bridgehead atoms. The number of hydrogen-bond donors (Lipinski definition) is 0. The lowest BCUT2D eigenvalue weighted by Crippen LogP contribution is -2.41. The fourth-order valence-electron chi connectivity index (χ4n) is 3.18. The van der Waals surface area contributed by atoms with Crippen LogP contribution < -0.4 is 14.4 Å². The minimum Gasteiger partial charge on any atom is -0.497 e. The monoisotopic (exact) mass is 488 g/mol. The predicted molar refractivity (Wildman–Crippen MR) is 128 cm³/mol. The van der Waals surface area contributed by atoms with Crippen LogP contribution in [0.1, 0.15) is 5.56 Å². The zero-order valence-corrected chi connectivity index (χ0v) is 20.1. The number of carbonyl (C=O) groups is 1. The molecule has 3 aromatic carbocycles. The molecule has 3 rings (SSSR count). The van der Waals surface area contributed by atoms with Crippen LogP contribution in [0.4, 0.5) is 5.69 Å². The third kappa shape index (κ3) is 5.84. The molecule has 0 spiro atoms. The molecule has 0 saturated carbocycles. The molecule has 0 aliphatic rings. The third-order valence-corrected chi connectivity index (χ3v) is 7.19. The lowest BCUT2D eigenvalue weighted by atomic mass is 10.2. The summed E-state index contributed by atoms with van der Waals surface area (Å²) in [5.74, 6) is 0.629. The summed E-state index contributed by atoms with van der Waals surface area (Å²) in [5, 5.41) is 0.167. The average Bonchev–Trinajstić information content (AvgIpc) is 2.83. The van der Waals surface area contributed by atoms with Gasteiger partial charge in [0.1, 0.15) is 11.5 Å². The molecule has 1 amide bonds. The van der Waals surface area contributed by atoms with Crippen LogP contribution in [0.3, 0.4) is 0 Å². The first-order valence-electron chi connectivity index (χ1n) is 10.0. The molecule has 0 unspecified atom stereocenters. The van der Waals surface area contributed by atoms with Crippen LogP contribution in [-0.2, 0) is 21.4 Å². The number of anilines is 1. The van der Waals surface area contributed by atoms with Gasteiger partial charge in [-0.15, -0.1) is 0 Å². The van der Waals surface area contributed by atoms with Gasteiger partial charge in [0.25, 0.3) is 0 Å². The molecule has 3 aromatic rings. The van der Waals surface area contributed by atoms with Gasteiger partial charge in [0, 0.05) is 19.3 Å². The first kappa shape index (κ1) is 24.6. The summed E-state index contributed by atoms with van der Waals surface area (Å²) >= 11 is 6.17. The smallest absolute Gasteiger partial charge is 0.243 e. The molecule has 0 atom stereocenters. The van der Waals surface area contributed by atoms with Crippen molar-refractivity contribution in [3.05, 3.63) is 83.4 Å². The van der Waals surface area contributed by atoms with Gasteiger partial charge in [0.05, 0.1) is 30.7 Å². The van der Waals surface area contributed by atoms with Crippen molar-refractivity contribution in [2.45, 2.75) is 11.4 Å². The molecule has 0 saturated heterocycles. The van der Waals surface area contributed by atoms with Crippen LogP contribution in [0.5, 0.6) is 11.5 Å². The van der Waals surface area contributed by atoms with E-state index in [-0.39, 0.29) is 28.9 Å². The fourth-order valence-corrected chi connectivity index (χ4v) is 4.90. The van der Waals surface area contributed by atoms with Crippen LogP contribution >= 0.6 is 11.6 Å². The van der Waals surface area contributed by atoms with Gasteiger partial charge in [0.15, 0.2) is 0 Å². The normalized spacial score (nSPS) is 11.3. The number of sulfonamides is 1. The predicted octanol–water partition coefficient (Wildman–Crippen LogP) is 4.21. The van der Waals surface area contributed by atoms with Crippen molar-refractivity contribution in [1.82, 2.24) is 4.31 Å². The van der Waals surface area contributed by atoms with E-state index < -0.39 is 10.0 Å². The van der Waals surface area contributed by atoms with E-state index in [1.54, 1.807) is 50.6 Å². The van der Waals surface area contributed by atoms with Gasteiger partial charge in [-0.1, -0.05) is 41.9 Å². The van der Waals surface area contributed by atoms with Crippen molar-refractivity contribution < 1.29 is 22.7 Å². The Bertz CT molecular complexity index is 1200. The highest BCUT2D eigenvalue weighted by Crippen LogP contribution is 2.29. The molecule has 0 aromatic heterocycles. The second-order valence-corrected chi connectivity index (χ2v) is 9.55. The molecule has 0 aliphatic carbocycles. The summed E-state index contributed by atoms with van der Waals surface area (Å²) in [7, 11) is 0.563. The quantitative estimate of drug-likeness (QED) is 0.451. The van der Waals surface area contributed by atoms with Gasteiger partial charge in [0.2, 0.25) is 15.9 Å². The summed E-state index contributed by atoms with van der Waals surface area (Å²) in [6, 6.07) is 20.2. The van der Waals surface area contributed by atoms with Crippen LogP contribution in [0.15, 0.2) is 77.7 Å². The van der Waals surface area contributed by atoms with E-state index in [0.29, 0.717) is 17.2 Å². The van der Waals surface area contributed by atoms with Gasteiger partial charge in [-0.05, 0) is 48.0 Å². The second kappa shape index (κ2) is 10.7. The third-order valence-electron chi connectivity index (χ3n) is 5.11. The van der Waals surface area contributed by atoms with Crippen molar-refractivity contribution in [1.29, 1.82) is 0 Å². The molecule has 7 nitrogen and oxygen atoms in total. The number of benzene rings is 3. The van der Waals surface area contributed by atoms with E-state index in [4.69, 9.17) is 21.1 Å². The molecule has 0 N–H and O–H groups in total. The molecule has 0 fully saturated rings. The molecule has 0 heterocycles. The van der Waals surface area contributed by atoms with E-state index in [2.05, 4.69) is 0 Å². The number of amides is 1. The Labute approximate surface area is 199 Å². The highest BCUT2D eigenvalue weighted by atomic mass is 35.5. The maximum atomic E-state index is 13.5. The number of hydrogen-bond acceptors (Lipinski definition) is 5. The largest absolute Gasteiger partial charge is 0.497 e. The molecule has 174 valence electrons. The van der Waals surface area contributed by atoms with Gasteiger partial charge < -0.3 is 14.4 Å². The zero-order chi connectivity index (χ0) is 24.0. The SMILES string of the molecule is COc1ccc(N(C)C(=O)CN(Cc2ccccc2)S(=O)(=O)c2ccc(OC)c(Cl)c2)cc1. The minimum absolute atomic E-state index is 0.0228. The summed E-state index contributed by atoms with van der Waals surface area (Å²) in [6.45, 7) is -0.335. The fraction of sp³-hybridized carbons (Fsp3) is 0.208. The van der Waals surface area contributed by atoms with Crippen molar-refractivity contribution in [3.8, 4) is 11.5 Å². The van der Waals surface area contributed by atoms with E-state index in [9.17, 15) is 13.2 Å². The summed E-state index contributed by atoms with van der Waals surface area (Å²) < 4.78 is 38.4. The second-order valence-electron chi connectivity index (χ2n) is 7.21. The number of methoxy groups -OCH3 is 2. The van der Waals surface area contributed by atoms with E-state index >= 15 is 0 Å². The number of halogens is 1. The Kier molecular flexibility index (Phi) is 7.97.